The van der Waals surface area contributed by atoms with Gasteiger partial charge in [-0.15, -0.1) is 0 Å². The first-order valence-electron chi connectivity index (χ1n) is 6.78. The third-order valence-corrected chi connectivity index (χ3v) is 6.14. The van der Waals surface area contributed by atoms with Crippen molar-refractivity contribution in [2.75, 3.05) is 0 Å². The summed E-state index contributed by atoms with van der Waals surface area (Å²) in [6.07, 6.45) is 5.66. The maximum Gasteiger partial charge on any atom is 0.0758 e. The van der Waals surface area contributed by atoms with E-state index in [1.807, 2.05) is 0 Å². The van der Waals surface area contributed by atoms with Gasteiger partial charge in [0.15, 0.2) is 0 Å². The van der Waals surface area contributed by atoms with Crippen molar-refractivity contribution in [3.05, 3.63) is 11.6 Å². The van der Waals surface area contributed by atoms with Gasteiger partial charge in [0.05, 0.1) is 6.10 Å². The van der Waals surface area contributed by atoms with Crippen molar-refractivity contribution in [1.82, 2.24) is 0 Å². The van der Waals surface area contributed by atoms with Crippen LogP contribution in [0.5, 0.6) is 0 Å². The van der Waals surface area contributed by atoms with Crippen LogP contribution in [0.3, 0.4) is 0 Å². The predicted octanol–water partition coefficient (Wildman–Crippen LogP) is 3.39. The minimum Gasteiger partial charge on any atom is -0.389 e. The Morgan fingerprint density at radius 3 is 2.69 bits per heavy atom. The van der Waals surface area contributed by atoms with E-state index in [1.54, 1.807) is 0 Å². The van der Waals surface area contributed by atoms with Crippen LogP contribution in [0.25, 0.3) is 0 Å². The molecule has 1 heteroatoms. The van der Waals surface area contributed by atoms with Crippen LogP contribution in [0.15, 0.2) is 11.6 Å². The fraction of sp³-hybridized carbons (Fsp3) is 0.867. The summed E-state index contributed by atoms with van der Waals surface area (Å²) in [6.45, 7) is 9.59. The highest BCUT2D eigenvalue weighted by molar-refractivity contribution is 5.34. The maximum absolute atomic E-state index is 10.3. The molecule has 0 aromatic heterocycles. The van der Waals surface area contributed by atoms with Gasteiger partial charge in [-0.1, -0.05) is 33.8 Å². The van der Waals surface area contributed by atoms with E-state index in [0.717, 1.165) is 24.2 Å². The molecule has 1 N–H and O–H groups in total. The standard InChI is InChI=1S/C15H24O/c1-9-6-5-7-10-12(16)8-11-13(14(11,2)3)15(9,10)4/h7,9,11-13,16H,5-6,8H2,1-4H3/t9-,11-,12+,13+,15+/m0/s1. The number of allylic oxidation sites excluding steroid dienone is 1. The molecule has 3 rings (SSSR count). The average molecular weight is 220 g/mol. The van der Waals surface area contributed by atoms with Gasteiger partial charge >= 0.3 is 0 Å². The highest BCUT2D eigenvalue weighted by Gasteiger charge is 2.70. The van der Waals surface area contributed by atoms with Crippen molar-refractivity contribution in [2.45, 2.75) is 53.1 Å². The summed E-state index contributed by atoms with van der Waals surface area (Å²) in [5.41, 5.74) is 2.11. The van der Waals surface area contributed by atoms with Gasteiger partial charge in [-0.2, -0.15) is 0 Å². The summed E-state index contributed by atoms with van der Waals surface area (Å²) < 4.78 is 0. The van der Waals surface area contributed by atoms with Gasteiger partial charge in [-0.3, -0.25) is 0 Å². The highest BCUT2D eigenvalue weighted by atomic mass is 16.3. The van der Waals surface area contributed by atoms with Crippen LogP contribution >= 0.6 is 0 Å². The molecular formula is C15H24O. The maximum atomic E-state index is 10.3. The summed E-state index contributed by atoms with van der Waals surface area (Å²) in [4.78, 5) is 0. The molecule has 0 amide bonds. The minimum absolute atomic E-state index is 0.157. The Hall–Kier alpha value is -0.300. The van der Waals surface area contributed by atoms with E-state index in [-0.39, 0.29) is 11.5 Å². The molecule has 0 unspecified atom stereocenters. The predicted molar refractivity (Wildman–Crippen MR) is 66.0 cm³/mol. The third kappa shape index (κ3) is 1.06. The molecule has 1 nitrogen and oxygen atoms in total. The molecule has 0 saturated heterocycles. The molecule has 0 aliphatic heterocycles. The molecule has 0 radical (unpaired) electrons. The quantitative estimate of drug-likeness (QED) is 0.620. The SMILES string of the molecule is C[C@H]1CCC=C2[C@H](O)C[C@H]3[C@H](C3(C)C)[C@@]21C. The first-order chi connectivity index (χ1) is 7.40. The largest absolute Gasteiger partial charge is 0.389 e. The smallest absolute Gasteiger partial charge is 0.0758 e. The van der Waals surface area contributed by atoms with E-state index >= 15 is 0 Å². The number of aliphatic hydroxyl groups excluding tert-OH is 1. The lowest BCUT2D eigenvalue weighted by Gasteiger charge is -2.46. The first kappa shape index (κ1) is 10.8. The van der Waals surface area contributed by atoms with Gasteiger partial charge < -0.3 is 5.11 Å². The lowest BCUT2D eigenvalue weighted by atomic mass is 9.59. The third-order valence-electron chi connectivity index (χ3n) is 6.14. The molecule has 5 atom stereocenters. The van der Waals surface area contributed by atoms with Crippen molar-refractivity contribution < 1.29 is 5.11 Å². The zero-order valence-electron chi connectivity index (χ0n) is 11.0. The molecule has 0 aromatic carbocycles. The summed E-state index contributed by atoms with van der Waals surface area (Å²) in [5, 5.41) is 10.3. The second-order valence-corrected chi connectivity index (χ2v) is 7.08. The van der Waals surface area contributed by atoms with Crippen LogP contribution in [-0.4, -0.2) is 11.2 Å². The Morgan fingerprint density at radius 1 is 1.31 bits per heavy atom. The Morgan fingerprint density at radius 2 is 2.00 bits per heavy atom. The molecule has 0 heterocycles. The summed E-state index contributed by atoms with van der Waals surface area (Å²) in [6, 6.07) is 0. The molecule has 16 heavy (non-hydrogen) atoms. The Balaban J connectivity index is 2.07. The molecular weight excluding hydrogens is 196 g/mol. The zero-order valence-corrected chi connectivity index (χ0v) is 11.0. The molecule has 2 fully saturated rings. The van der Waals surface area contributed by atoms with Crippen LogP contribution in [0.4, 0.5) is 0 Å². The second kappa shape index (κ2) is 2.93. The molecule has 3 aliphatic carbocycles. The molecule has 0 aromatic rings. The van der Waals surface area contributed by atoms with Crippen LogP contribution in [0.1, 0.15) is 47.0 Å². The first-order valence-corrected chi connectivity index (χ1v) is 6.78. The van der Waals surface area contributed by atoms with Gasteiger partial charge in [0.25, 0.3) is 0 Å². The summed E-state index contributed by atoms with van der Waals surface area (Å²) in [7, 11) is 0. The van der Waals surface area contributed by atoms with Crippen LogP contribution in [0.2, 0.25) is 0 Å². The van der Waals surface area contributed by atoms with Crippen LogP contribution in [-0.2, 0) is 0 Å². The number of aliphatic hydroxyl groups is 1. The molecule has 3 aliphatic rings. The van der Waals surface area contributed by atoms with Gasteiger partial charge in [-0.25, -0.2) is 0 Å². The summed E-state index contributed by atoms with van der Waals surface area (Å²) >= 11 is 0. The molecule has 0 bridgehead atoms. The van der Waals surface area contributed by atoms with E-state index in [4.69, 9.17) is 0 Å². The fourth-order valence-corrected chi connectivity index (χ4v) is 5.02. The number of rotatable bonds is 0. The van der Waals surface area contributed by atoms with Crippen molar-refractivity contribution in [1.29, 1.82) is 0 Å². The molecule has 2 saturated carbocycles. The van der Waals surface area contributed by atoms with E-state index in [9.17, 15) is 5.11 Å². The number of fused-ring (bicyclic) bond motifs is 3. The normalized spacial score (nSPS) is 53.7. The Labute approximate surface area is 98.9 Å². The van der Waals surface area contributed by atoms with Gasteiger partial charge in [-0.05, 0) is 53.4 Å². The van der Waals surface area contributed by atoms with Gasteiger partial charge in [0.2, 0.25) is 0 Å². The highest BCUT2D eigenvalue weighted by Crippen LogP contribution is 2.74. The Kier molecular flexibility index (Phi) is 1.98. The van der Waals surface area contributed by atoms with Crippen LogP contribution in [0, 0.1) is 28.6 Å². The van der Waals surface area contributed by atoms with E-state index in [1.165, 1.54) is 18.4 Å². The summed E-state index contributed by atoms with van der Waals surface area (Å²) in [5.74, 6) is 2.30. The van der Waals surface area contributed by atoms with Gasteiger partial charge in [0.1, 0.15) is 0 Å². The fourth-order valence-electron chi connectivity index (χ4n) is 5.02. The molecule has 0 spiro atoms. The van der Waals surface area contributed by atoms with Crippen LogP contribution < -0.4 is 0 Å². The molecule has 90 valence electrons. The number of hydrogen-bond acceptors (Lipinski definition) is 1. The Bertz CT molecular complexity index is 354. The lowest BCUT2D eigenvalue weighted by Crippen LogP contribution is -2.41. The number of hydrogen-bond donors (Lipinski definition) is 1. The van der Waals surface area contributed by atoms with E-state index in [0.29, 0.717) is 5.41 Å². The van der Waals surface area contributed by atoms with Crippen molar-refractivity contribution in [2.24, 2.45) is 28.6 Å². The minimum atomic E-state index is -0.157. The van der Waals surface area contributed by atoms with Gasteiger partial charge in [0, 0.05) is 0 Å². The lowest BCUT2D eigenvalue weighted by molar-refractivity contribution is 0.0729. The topological polar surface area (TPSA) is 20.2 Å². The van der Waals surface area contributed by atoms with Crippen molar-refractivity contribution >= 4 is 0 Å². The zero-order chi connectivity index (χ0) is 11.7. The van der Waals surface area contributed by atoms with E-state index < -0.39 is 0 Å². The van der Waals surface area contributed by atoms with Crippen molar-refractivity contribution in [3.8, 4) is 0 Å². The average Bonchev–Trinajstić information content (AvgIpc) is 2.73. The monoisotopic (exact) mass is 220 g/mol. The second-order valence-electron chi connectivity index (χ2n) is 7.08. The van der Waals surface area contributed by atoms with E-state index in [2.05, 4.69) is 33.8 Å². The van der Waals surface area contributed by atoms with Crippen molar-refractivity contribution in [3.63, 3.8) is 0 Å².